The van der Waals surface area contributed by atoms with E-state index in [9.17, 15) is 9.59 Å². The molecule has 0 amide bonds. The number of hydrogen-bond acceptors (Lipinski definition) is 4. The lowest BCUT2D eigenvalue weighted by atomic mass is 10.1. The molecule has 9 heteroatoms. The van der Waals surface area contributed by atoms with Crippen molar-refractivity contribution in [2.75, 3.05) is 7.11 Å². The van der Waals surface area contributed by atoms with Crippen LogP contribution in [0.5, 0.6) is 5.75 Å². The Hall–Kier alpha value is -3.59. The largest absolute Gasteiger partial charge is 0.497 e. The van der Waals surface area contributed by atoms with Gasteiger partial charge in [-0.2, -0.15) is 4.98 Å². The van der Waals surface area contributed by atoms with Crippen molar-refractivity contribution < 1.29 is 4.74 Å². The molecule has 0 aliphatic rings. The van der Waals surface area contributed by atoms with Gasteiger partial charge in [-0.3, -0.25) is 22.9 Å². The van der Waals surface area contributed by atoms with Crippen LogP contribution in [-0.2, 0) is 14.1 Å². The second kappa shape index (κ2) is 6.98. The van der Waals surface area contributed by atoms with E-state index in [1.165, 1.54) is 11.6 Å². The van der Waals surface area contributed by atoms with Crippen LogP contribution >= 0.6 is 15.9 Å². The fourth-order valence-electron chi connectivity index (χ4n) is 3.80. The molecule has 156 valence electrons. The average molecular weight is 480 g/mol. The Bertz CT molecular complexity index is 1590. The van der Waals surface area contributed by atoms with Gasteiger partial charge in [-0.25, -0.2) is 4.79 Å². The van der Waals surface area contributed by atoms with Gasteiger partial charge in [0.2, 0.25) is 5.78 Å². The van der Waals surface area contributed by atoms with Gasteiger partial charge in [0.25, 0.3) is 5.56 Å². The summed E-state index contributed by atoms with van der Waals surface area (Å²) in [7, 11) is 4.70. The highest BCUT2D eigenvalue weighted by atomic mass is 79.9. The minimum Gasteiger partial charge on any atom is -0.497 e. The Morgan fingerprint density at radius 3 is 2.45 bits per heavy atom. The summed E-state index contributed by atoms with van der Waals surface area (Å²) < 4.78 is 12.6. The van der Waals surface area contributed by atoms with Crippen LogP contribution in [0.15, 0.2) is 68.8 Å². The van der Waals surface area contributed by atoms with Crippen molar-refractivity contribution in [1.29, 1.82) is 0 Å². The molecule has 0 aliphatic heterocycles. The van der Waals surface area contributed by atoms with Gasteiger partial charge < -0.3 is 4.74 Å². The number of aromatic nitrogens is 5. The van der Waals surface area contributed by atoms with Crippen LogP contribution in [0.4, 0.5) is 0 Å². The van der Waals surface area contributed by atoms with Crippen LogP contribution in [0.2, 0.25) is 0 Å². The minimum absolute atomic E-state index is 0.335. The van der Waals surface area contributed by atoms with E-state index in [0.717, 1.165) is 26.0 Å². The summed E-state index contributed by atoms with van der Waals surface area (Å²) in [6, 6.07) is 15.5. The second-order valence-electron chi connectivity index (χ2n) is 7.22. The predicted octanol–water partition coefficient (Wildman–Crippen LogP) is 3.11. The first-order chi connectivity index (χ1) is 14.9. The molecule has 0 saturated heterocycles. The fourth-order valence-corrected chi connectivity index (χ4v) is 4.06. The Morgan fingerprint density at radius 2 is 1.74 bits per heavy atom. The standard InChI is InChI=1S/C22H18BrN5O3/c1-25-19-18(20(29)26(2)22(25)30)27-12-17(13-7-9-14(23)10-8-13)28(21(27)24-19)15-5-4-6-16(11-15)31-3/h4-12H,1-3H3. The average Bonchev–Trinajstić information content (AvgIpc) is 3.33. The van der Waals surface area contributed by atoms with Crippen LogP contribution in [0.1, 0.15) is 0 Å². The normalized spacial score (nSPS) is 11.5. The Morgan fingerprint density at radius 1 is 1.00 bits per heavy atom. The van der Waals surface area contributed by atoms with Crippen molar-refractivity contribution in [1.82, 2.24) is 23.1 Å². The number of fused-ring (bicyclic) bond motifs is 3. The molecule has 0 spiro atoms. The molecule has 3 aromatic heterocycles. The molecule has 31 heavy (non-hydrogen) atoms. The Kier molecular flexibility index (Phi) is 4.37. The third-order valence-corrected chi connectivity index (χ3v) is 5.95. The van der Waals surface area contributed by atoms with Crippen LogP contribution in [0.3, 0.4) is 0 Å². The van der Waals surface area contributed by atoms with Crippen molar-refractivity contribution in [3.63, 3.8) is 0 Å². The van der Waals surface area contributed by atoms with Crippen LogP contribution in [-0.4, -0.2) is 30.2 Å². The molecule has 3 heterocycles. The van der Waals surface area contributed by atoms with Gasteiger partial charge in [0, 0.05) is 36.4 Å². The molecule has 0 unspecified atom stereocenters. The van der Waals surface area contributed by atoms with Crippen molar-refractivity contribution in [3.8, 4) is 22.7 Å². The Balaban J connectivity index is 1.95. The number of imidazole rings is 2. The van der Waals surface area contributed by atoms with E-state index in [-0.39, 0.29) is 0 Å². The van der Waals surface area contributed by atoms with Gasteiger partial charge in [0.15, 0.2) is 11.2 Å². The smallest absolute Gasteiger partial charge is 0.332 e. The molecule has 0 aliphatic carbocycles. The number of benzene rings is 2. The number of nitrogens with zero attached hydrogens (tertiary/aromatic N) is 5. The van der Waals surface area contributed by atoms with Gasteiger partial charge in [0.1, 0.15) is 5.75 Å². The number of ether oxygens (including phenoxy) is 1. The van der Waals surface area contributed by atoms with Crippen LogP contribution in [0.25, 0.3) is 33.9 Å². The summed E-state index contributed by atoms with van der Waals surface area (Å²) in [6.45, 7) is 0. The SMILES string of the molecule is COc1cccc(-n2c(-c3ccc(Br)cc3)cn3c4c(=O)n(C)c(=O)n(C)c4nc23)c1. The highest BCUT2D eigenvalue weighted by Crippen LogP contribution is 2.30. The van der Waals surface area contributed by atoms with Gasteiger partial charge in [-0.1, -0.05) is 34.1 Å². The van der Waals surface area contributed by atoms with E-state index in [2.05, 4.69) is 15.9 Å². The summed E-state index contributed by atoms with van der Waals surface area (Å²) in [6.07, 6.45) is 1.87. The quantitative estimate of drug-likeness (QED) is 0.398. The maximum absolute atomic E-state index is 13.0. The molecule has 5 aromatic rings. The molecule has 0 bridgehead atoms. The van der Waals surface area contributed by atoms with E-state index in [0.29, 0.717) is 22.7 Å². The topological polar surface area (TPSA) is 75.5 Å². The van der Waals surface area contributed by atoms with E-state index in [1.54, 1.807) is 18.6 Å². The zero-order valence-electron chi connectivity index (χ0n) is 17.0. The molecule has 0 N–H and O–H groups in total. The number of rotatable bonds is 3. The maximum atomic E-state index is 13.0. The first-order valence-corrected chi connectivity index (χ1v) is 10.3. The highest BCUT2D eigenvalue weighted by molar-refractivity contribution is 9.10. The van der Waals surface area contributed by atoms with E-state index >= 15 is 0 Å². The molecule has 0 saturated carbocycles. The minimum atomic E-state index is -0.417. The molecule has 0 fully saturated rings. The van der Waals surface area contributed by atoms with Gasteiger partial charge in [-0.15, -0.1) is 0 Å². The number of halogens is 1. The first-order valence-electron chi connectivity index (χ1n) is 9.50. The zero-order chi connectivity index (χ0) is 21.9. The second-order valence-corrected chi connectivity index (χ2v) is 8.13. The summed E-state index contributed by atoms with van der Waals surface area (Å²) in [5.41, 5.74) is 2.49. The zero-order valence-corrected chi connectivity index (χ0v) is 18.6. The molecular weight excluding hydrogens is 462 g/mol. The monoisotopic (exact) mass is 479 g/mol. The van der Waals surface area contributed by atoms with Gasteiger partial charge in [-0.05, 0) is 24.3 Å². The third kappa shape index (κ3) is 2.84. The summed E-state index contributed by atoms with van der Waals surface area (Å²) in [4.78, 5) is 30.1. The highest BCUT2D eigenvalue weighted by Gasteiger charge is 2.21. The van der Waals surface area contributed by atoms with E-state index in [1.807, 2.05) is 59.3 Å². The molecule has 5 rings (SSSR count). The van der Waals surface area contributed by atoms with Crippen LogP contribution in [0, 0.1) is 0 Å². The lowest BCUT2D eigenvalue weighted by Crippen LogP contribution is -2.37. The maximum Gasteiger partial charge on any atom is 0.332 e. The lowest BCUT2D eigenvalue weighted by Gasteiger charge is -2.10. The fraction of sp³-hybridized carbons (Fsp3) is 0.136. The molecule has 2 aromatic carbocycles. The summed E-state index contributed by atoms with van der Waals surface area (Å²) in [5, 5.41) is 0. The third-order valence-electron chi connectivity index (χ3n) is 5.42. The van der Waals surface area contributed by atoms with E-state index < -0.39 is 11.2 Å². The number of hydrogen-bond donors (Lipinski definition) is 0. The molecule has 0 atom stereocenters. The molecule has 8 nitrogen and oxygen atoms in total. The summed E-state index contributed by atoms with van der Waals surface area (Å²) >= 11 is 3.47. The number of aryl methyl sites for hydroxylation is 1. The predicted molar refractivity (Wildman–Crippen MR) is 122 cm³/mol. The van der Waals surface area contributed by atoms with Crippen molar-refractivity contribution in [3.05, 3.63) is 80.0 Å². The number of methoxy groups -OCH3 is 1. The van der Waals surface area contributed by atoms with Gasteiger partial charge >= 0.3 is 5.69 Å². The molecular formula is C22H18BrN5O3. The van der Waals surface area contributed by atoms with Crippen LogP contribution < -0.4 is 16.0 Å². The Labute approximate surface area is 184 Å². The van der Waals surface area contributed by atoms with Gasteiger partial charge in [0.05, 0.1) is 18.5 Å². The van der Waals surface area contributed by atoms with Crippen molar-refractivity contribution >= 4 is 32.9 Å². The lowest BCUT2D eigenvalue weighted by molar-refractivity contribution is 0.414. The summed E-state index contributed by atoms with van der Waals surface area (Å²) in [5.74, 6) is 1.23. The van der Waals surface area contributed by atoms with E-state index in [4.69, 9.17) is 9.72 Å². The van der Waals surface area contributed by atoms with Crippen molar-refractivity contribution in [2.45, 2.75) is 0 Å². The van der Waals surface area contributed by atoms with Crippen molar-refractivity contribution in [2.24, 2.45) is 14.1 Å². The molecule has 0 radical (unpaired) electrons. The first kappa shape index (κ1) is 19.4.